The van der Waals surface area contributed by atoms with Crippen molar-refractivity contribution in [3.63, 3.8) is 0 Å². The van der Waals surface area contributed by atoms with Crippen molar-refractivity contribution in [3.05, 3.63) is 82.4 Å². The highest BCUT2D eigenvalue weighted by molar-refractivity contribution is 6.05. The molecule has 3 atom stereocenters. The molecule has 0 spiro atoms. The van der Waals surface area contributed by atoms with Crippen molar-refractivity contribution in [2.24, 2.45) is 0 Å². The highest BCUT2D eigenvalue weighted by atomic mass is 19.3. The number of anilines is 3. The Labute approximate surface area is 237 Å². The molecule has 4 rings (SSSR count). The van der Waals surface area contributed by atoms with Crippen LogP contribution in [0.25, 0.3) is 0 Å². The lowest BCUT2D eigenvalue weighted by atomic mass is 10.1. The van der Waals surface area contributed by atoms with Gasteiger partial charge in [0.25, 0.3) is 5.91 Å². The Hall–Kier alpha value is -4.73. The molecule has 15 heteroatoms. The zero-order chi connectivity index (χ0) is 30.4. The summed E-state index contributed by atoms with van der Waals surface area (Å²) in [6.07, 6.45) is -5.64. The second kappa shape index (κ2) is 12.8. The number of alkyl halides is 2. The van der Waals surface area contributed by atoms with Crippen LogP contribution in [0.4, 0.5) is 26.0 Å². The van der Waals surface area contributed by atoms with Crippen LogP contribution in [-0.4, -0.2) is 62.2 Å². The number of aliphatic hydroxyl groups excluding tert-OH is 2. The highest BCUT2D eigenvalue weighted by Crippen LogP contribution is 2.42. The van der Waals surface area contributed by atoms with E-state index >= 15 is 0 Å². The number of aromatic nitrogens is 2. The van der Waals surface area contributed by atoms with Crippen molar-refractivity contribution in [2.45, 2.75) is 43.7 Å². The monoisotopic (exact) mass is 586 g/mol. The van der Waals surface area contributed by atoms with Crippen molar-refractivity contribution in [3.8, 4) is 0 Å². The molecule has 0 bridgehead atoms. The number of amides is 3. The van der Waals surface area contributed by atoms with E-state index in [4.69, 9.17) is 15.6 Å². The summed E-state index contributed by atoms with van der Waals surface area (Å²) in [6, 6.07) is 14.5. The first kappa shape index (κ1) is 30.2. The Morgan fingerprint density at radius 2 is 1.71 bits per heavy atom. The topological polar surface area (TPSA) is 198 Å². The fraction of sp³-hybridized carbons (Fsp3) is 0.296. The average molecular weight is 587 g/mol. The summed E-state index contributed by atoms with van der Waals surface area (Å²) in [6.45, 7) is -0.735. The summed E-state index contributed by atoms with van der Waals surface area (Å²) in [7, 11) is 0. The van der Waals surface area contributed by atoms with Gasteiger partial charge >= 0.3 is 11.6 Å². The van der Waals surface area contributed by atoms with Gasteiger partial charge in [-0.15, -0.1) is 0 Å². The fourth-order valence-corrected chi connectivity index (χ4v) is 4.08. The van der Waals surface area contributed by atoms with Crippen LogP contribution in [0.1, 0.15) is 35.0 Å². The second-order valence-electron chi connectivity index (χ2n) is 9.39. The lowest BCUT2D eigenvalue weighted by Gasteiger charge is -2.21. The number of nitrogen functional groups attached to an aromatic ring is 1. The predicted octanol–water partition coefficient (Wildman–Crippen LogP) is 0.999. The Balaban J connectivity index is 1.22. The third-order valence-electron chi connectivity index (χ3n) is 6.40. The lowest BCUT2D eigenvalue weighted by molar-refractivity contribution is -0.141. The van der Waals surface area contributed by atoms with Crippen molar-refractivity contribution in [1.82, 2.24) is 14.9 Å². The number of halogens is 2. The highest BCUT2D eigenvalue weighted by Gasteiger charge is 2.59. The van der Waals surface area contributed by atoms with E-state index in [1.807, 2.05) is 0 Å². The SMILES string of the molecule is Nc1ccccc1NC(=O)c1ccc(CNC(=O)CCC(=O)Nc2ccn(C3OC(CO)C(O)C3(F)F)c(=O)n2)cc1. The molecule has 222 valence electrons. The number of rotatable bonds is 10. The molecule has 3 aromatic rings. The maximum absolute atomic E-state index is 14.3. The molecule has 1 aliphatic rings. The molecule has 0 aliphatic carbocycles. The predicted molar refractivity (Wildman–Crippen MR) is 145 cm³/mol. The summed E-state index contributed by atoms with van der Waals surface area (Å²) in [5, 5.41) is 26.4. The molecular weight excluding hydrogens is 558 g/mol. The first-order valence-electron chi connectivity index (χ1n) is 12.7. The molecule has 13 nitrogen and oxygen atoms in total. The molecule has 1 fully saturated rings. The first-order valence-corrected chi connectivity index (χ1v) is 12.7. The van der Waals surface area contributed by atoms with Crippen molar-refractivity contribution < 1.29 is 38.1 Å². The first-order chi connectivity index (χ1) is 20.0. The number of hydrogen-bond acceptors (Lipinski definition) is 9. The molecule has 1 saturated heterocycles. The Bertz CT molecular complexity index is 1520. The molecule has 7 N–H and O–H groups in total. The van der Waals surface area contributed by atoms with Gasteiger partial charge in [0.2, 0.25) is 18.0 Å². The number of ether oxygens (including phenoxy) is 1. The molecule has 0 radical (unpaired) electrons. The second-order valence-corrected chi connectivity index (χ2v) is 9.39. The molecule has 3 unspecified atom stereocenters. The summed E-state index contributed by atoms with van der Waals surface area (Å²) >= 11 is 0. The number of carbonyl (C=O) groups is 3. The standard InChI is InChI=1S/C27H28F2N6O7/c28-27(29)23(39)19(14-36)42-25(27)35-12-11-20(34-26(35)41)33-22(38)10-9-21(37)31-13-15-5-7-16(8-6-15)24(40)32-18-4-2-1-3-17(18)30/h1-8,11-12,19,23,25,36,39H,9-10,13-14,30H2,(H,31,37)(H,32,40)(H,33,34,38,41). The zero-order valence-corrected chi connectivity index (χ0v) is 22.0. The van der Waals surface area contributed by atoms with E-state index in [1.165, 1.54) is 0 Å². The Kier molecular flexibility index (Phi) is 9.25. The van der Waals surface area contributed by atoms with Crippen LogP contribution >= 0.6 is 0 Å². The van der Waals surface area contributed by atoms with Gasteiger partial charge in [-0.25, -0.2) is 4.79 Å². The molecule has 3 amide bonds. The maximum Gasteiger partial charge on any atom is 0.351 e. The van der Waals surface area contributed by atoms with Crippen molar-refractivity contribution in [2.75, 3.05) is 23.0 Å². The lowest BCUT2D eigenvalue weighted by Crippen LogP contribution is -2.41. The largest absolute Gasteiger partial charge is 0.397 e. The number of aliphatic hydroxyl groups is 2. The van der Waals surface area contributed by atoms with Crippen LogP contribution in [0.3, 0.4) is 0 Å². The minimum atomic E-state index is -3.87. The van der Waals surface area contributed by atoms with Gasteiger partial charge in [0, 0.05) is 31.1 Å². The average Bonchev–Trinajstić information content (AvgIpc) is 3.20. The minimum absolute atomic E-state index is 0.146. The number of para-hydroxylation sites is 2. The van der Waals surface area contributed by atoms with Gasteiger partial charge in [0.1, 0.15) is 11.9 Å². The number of nitrogens with zero attached hydrogens (tertiary/aromatic N) is 2. The number of benzene rings is 2. The Morgan fingerprint density at radius 1 is 1.02 bits per heavy atom. The van der Waals surface area contributed by atoms with Gasteiger partial charge < -0.3 is 36.6 Å². The molecule has 2 aromatic carbocycles. The smallest absolute Gasteiger partial charge is 0.351 e. The molecule has 42 heavy (non-hydrogen) atoms. The van der Waals surface area contributed by atoms with Crippen molar-refractivity contribution in [1.29, 1.82) is 0 Å². The minimum Gasteiger partial charge on any atom is -0.397 e. The van der Waals surface area contributed by atoms with E-state index in [9.17, 15) is 33.1 Å². The van der Waals surface area contributed by atoms with Crippen LogP contribution < -0.4 is 27.4 Å². The van der Waals surface area contributed by atoms with Gasteiger partial charge in [-0.1, -0.05) is 24.3 Å². The molecule has 1 aromatic heterocycles. The van der Waals surface area contributed by atoms with Gasteiger partial charge in [0.05, 0.1) is 18.0 Å². The van der Waals surface area contributed by atoms with Crippen LogP contribution in [0.2, 0.25) is 0 Å². The van der Waals surface area contributed by atoms with E-state index in [0.717, 1.165) is 12.3 Å². The Morgan fingerprint density at radius 3 is 2.36 bits per heavy atom. The van der Waals surface area contributed by atoms with Crippen LogP contribution in [0.15, 0.2) is 65.6 Å². The van der Waals surface area contributed by atoms with Crippen molar-refractivity contribution >= 4 is 34.9 Å². The number of carbonyl (C=O) groups excluding carboxylic acids is 3. The molecule has 0 saturated carbocycles. The molecule has 2 heterocycles. The number of hydrogen-bond donors (Lipinski definition) is 6. The number of nitrogens with two attached hydrogens (primary N) is 1. The third-order valence-corrected chi connectivity index (χ3v) is 6.40. The fourth-order valence-electron chi connectivity index (χ4n) is 4.08. The van der Waals surface area contributed by atoms with E-state index in [0.29, 0.717) is 27.1 Å². The third kappa shape index (κ3) is 6.94. The van der Waals surface area contributed by atoms with Crippen LogP contribution in [-0.2, 0) is 20.9 Å². The van der Waals surface area contributed by atoms with E-state index in [-0.39, 0.29) is 31.1 Å². The summed E-state index contributed by atoms with van der Waals surface area (Å²) in [5.41, 5.74) is 6.68. The van der Waals surface area contributed by atoms with Gasteiger partial charge in [-0.2, -0.15) is 13.8 Å². The summed E-state index contributed by atoms with van der Waals surface area (Å²) < 4.78 is 33.9. The summed E-state index contributed by atoms with van der Waals surface area (Å²) in [5.74, 6) is -5.54. The van der Waals surface area contributed by atoms with Gasteiger partial charge in [0.15, 0.2) is 6.10 Å². The van der Waals surface area contributed by atoms with E-state index in [2.05, 4.69) is 20.9 Å². The van der Waals surface area contributed by atoms with Crippen LogP contribution in [0.5, 0.6) is 0 Å². The summed E-state index contributed by atoms with van der Waals surface area (Å²) in [4.78, 5) is 52.7. The zero-order valence-electron chi connectivity index (χ0n) is 22.0. The molecule has 1 aliphatic heterocycles. The normalized spacial score (nSPS) is 19.2. The van der Waals surface area contributed by atoms with Gasteiger partial charge in [-0.3, -0.25) is 19.0 Å². The van der Waals surface area contributed by atoms with Crippen LogP contribution in [0, 0.1) is 0 Å². The van der Waals surface area contributed by atoms with E-state index < -0.39 is 48.5 Å². The van der Waals surface area contributed by atoms with Gasteiger partial charge in [-0.05, 0) is 35.9 Å². The number of nitrogens with one attached hydrogen (secondary N) is 3. The van der Waals surface area contributed by atoms with E-state index in [1.54, 1.807) is 48.5 Å². The maximum atomic E-state index is 14.3. The quantitative estimate of drug-likeness (QED) is 0.188. The molecular formula is C27H28F2N6O7.